The fourth-order valence-electron chi connectivity index (χ4n) is 0.804. The van der Waals surface area contributed by atoms with Crippen molar-refractivity contribution >= 4 is 23.9 Å². The van der Waals surface area contributed by atoms with Crippen LogP contribution in [0.3, 0.4) is 0 Å². The Labute approximate surface area is 73.8 Å². The normalized spacial score (nSPS) is 9.75. The number of aromatic amines is 1. The van der Waals surface area contributed by atoms with Gasteiger partial charge in [0, 0.05) is 12.0 Å². The highest BCUT2D eigenvalue weighted by atomic mass is 35.5. The number of anilines is 1. The summed E-state index contributed by atoms with van der Waals surface area (Å²) in [6.07, 6.45) is 0.472. The van der Waals surface area contributed by atoms with Crippen LogP contribution in [0.15, 0.2) is 0 Å². The molecule has 12 heavy (non-hydrogen) atoms. The van der Waals surface area contributed by atoms with Gasteiger partial charge in [-0.05, 0) is 0 Å². The second kappa shape index (κ2) is 3.96. The van der Waals surface area contributed by atoms with Crippen LogP contribution in [0.2, 0.25) is 5.15 Å². The fourth-order valence-corrected chi connectivity index (χ4v) is 1.04. The van der Waals surface area contributed by atoms with Gasteiger partial charge < -0.3 is 10.5 Å². The van der Waals surface area contributed by atoms with Crippen LogP contribution in [-0.2, 0) is 16.0 Å². The Bertz CT molecular complexity index is 254. The summed E-state index contributed by atoms with van der Waals surface area (Å²) < 4.78 is 4.48. The molecule has 0 aliphatic rings. The third-order valence-electron chi connectivity index (χ3n) is 1.39. The van der Waals surface area contributed by atoms with Gasteiger partial charge in [-0.15, -0.1) is 0 Å². The van der Waals surface area contributed by atoms with Gasteiger partial charge in [-0.2, -0.15) is 5.10 Å². The summed E-state index contributed by atoms with van der Waals surface area (Å²) >= 11 is 5.68. The first-order chi connectivity index (χ1) is 5.75. The fraction of sp³-hybridized carbons (Fsp3) is 0.333. The van der Waals surface area contributed by atoms with Crippen molar-refractivity contribution in [2.24, 2.45) is 0 Å². The van der Waals surface area contributed by atoms with Crippen molar-refractivity contribution in [1.29, 1.82) is 0 Å². The molecule has 0 aliphatic heterocycles. The van der Waals surface area contributed by atoms with E-state index in [1.165, 1.54) is 0 Å². The quantitative estimate of drug-likeness (QED) is 0.530. The maximum Gasteiger partial charge on any atom is 0.293 e. The molecule has 5 nitrogen and oxygen atoms in total. The van der Waals surface area contributed by atoms with E-state index in [0.29, 0.717) is 29.4 Å². The highest BCUT2D eigenvalue weighted by molar-refractivity contribution is 6.30. The third-order valence-corrected chi connectivity index (χ3v) is 1.70. The topological polar surface area (TPSA) is 81.0 Å². The zero-order valence-corrected chi connectivity index (χ0v) is 6.97. The number of nitrogens with one attached hydrogen (secondary N) is 1. The van der Waals surface area contributed by atoms with Gasteiger partial charge in [0.1, 0.15) is 11.0 Å². The number of halogens is 1. The van der Waals surface area contributed by atoms with Crippen molar-refractivity contribution < 1.29 is 9.53 Å². The van der Waals surface area contributed by atoms with Crippen LogP contribution >= 0.6 is 11.6 Å². The number of hydrogen-bond donors (Lipinski definition) is 2. The summed E-state index contributed by atoms with van der Waals surface area (Å²) in [7, 11) is 0. The largest absolute Gasteiger partial charge is 0.468 e. The number of rotatable bonds is 4. The van der Waals surface area contributed by atoms with Gasteiger partial charge in [-0.25, -0.2) is 0 Å². The number of hydrogen-bond acceptors (Lipinski definition) is 4. The Balaban J connectivity index is 2.55. The summed E-state index contributed by atoms with van der Waals surface area (Å²) in [5.41, 5.74) is 6.13. The van der Waals surface area contributed by atoms with Gasteiger partial charge in [0.2, 0.25) is 0 Å². The number of carbonyl (C=O) groups excluding carboxylic acids is 1. The van der Waals surface area contributed by atoms with Crippen molar-refractivity contribution in [3.05, 3.63) is 10.7 Å². The van der Waals surface area contributed by atoms with Crippen LogP contribution < -0.4 is 5.73 Å². The van der Waals surface area contributed by atoms with Crippen molar-refractivity contribution in [2.75, 3.05) is 12.3 Å². The number of ether oxygens (including phenoxy) is 1. The Hall–Kier alpha value is -1.23. The van der Waals surface area contributed by atoms with Crippen molar-refractivity contribution in [1.82, 2.24) is 10.2 Å². The monoisotopic (exact) mass is 189 g/mol. The van der Waals surface area contributed by atoms with Gasteiger partial charge >= 0.3 is 0 Å². The lowest BCUT2D eigenvalue weighted by Gasteiger charge is -1.97. The smallest absolute Gasteiger partial charge is 0.293 e. The molecule has 0 radical (unpaired) electrons. The lowest BCUT2D eigenvalue weighted by Crippen LogP contribution is -1.99. The minimum Gasteiger partial charge on any atom is -0.468 e. The van der Waals surface area contributed by atoms with E-state index in [2.05, 4.69) is 14.9 Å². The van der Waals surface area contributed by atoms with Crippen LogP contribution in [-0.4, -0.2) is 23.3 Å². The average Bonchev–Trinajstić information content (AvgIpc) is 2.35. The molecular formula is C6H8ClN3O2. The third kappa shape index (κ3) is 1.88. The Morgan fingerprint density at radius 2 is 2.50 bits per heavy atom. The van der Waals surface area contributed by atoms with Crippen LogP contribution in [0.25, 0.3) is 0 Å². The van der Waals surface area contributed by atoms with E-state index < -0.39 is 0 Å². The molecule has 1 aromatic rings. The summed E-state index contributed by atoms with van der Waals surface area (Å²) in [6.45, 7) is 0.636. The molecule has 0 atom stereocenters. The molecule has 1 heterocycles. The number of H-pyrrole nitrogens is 1. The van der Waals surface area contributed by atoms with E-state index in [-0.39, 0.29) is 6.61 Å². The maximum absolute atomic E-state index is 9.79. The first kappa shape index (κ1) is 8.86. The van der Waals surface area contributed by atoms with Crippen LogP contribution in [0, 0.1) is 0 Å². The van der Waals surface area contributed by atoms with E-state index in [1.54, 1.807) is 0 Å². The van der Waals surface area contributed by atoms with Gasteiger partial charge in [0.05, 0.1) is 6.61 Å². The summed E-state index contributed by atoms with van der Waals surface area (Å²) in [5.74, 6) is 0.342. The van der Waals surface area contributed by atoms with E-state index in [9.17, 15) is 4.79 Å². The molecule has 0 fully saturated rings. The number of aromatic nitrogens is 2. The van der Waals surface area contributed by atoms with Crippen molar-refractivity contribution in [2.45, 2.75) is 6.42 Å². The lowest BCUT2D eigenvalue weighted by atomic mass is 10.2. The van der Waals surface area contributed by atoms with Crippen molar-refractivity contribution in [3.8, 4) is 0 Å². The number of nitrogens with two attached hydrogens (primary N) is 1. The zero-order valence-electron chi connectivity index (χ0n) is 6.21. The molecule has 0 bridgehead atoms. The lowest BCUT2D eigenvalue weighted by molar-refractivity contribution is -0.128. The standard InChI is InChI=1S/C6H8ClN3O2/c7-5-4(1-2-12-3-11)6(8)10-9-5/h3H,1-2H2,(H3,8,9,10). The molecule has 6 heteroatoms. The first-order valence-electron chi connectivity index (χ1n) is 3.29. The summed E-state index contributed by atoms with van der Waals surface area (Å²) in [5, 5.41) is 6.57. The van der Waals surface area contributed by atoms with Crippen molar-refractivity contribution in [3.63, 3.8) is 0 Å². The molecule has 0 saturated heterocycles. The molecule has 0 aromatic carbocycles. The highest BCUT2D eigenvalue weighted by Gasteiger charge is 2.07. The number of carbonyl (C=O) groups is 1. The van der Waals surface area contributed by atoms with E-state index >= 15 is 0 Å². The van der Waals surface area contributed by atoms with Gasteiger partial charge in [-0.3, -0.25) is 9.89 Å². The molecule has 1 aromatic heterocycles. The molecule has 0 amide bonds. The Morgan fingerprint density at radius 1 is 1.75 bits per heavy atom. The van der Waals surface area contributed by atoms with E-state index in [4.69, 9.17) is 17.3 Å². The highest BCUT2D eigenvalue weighted by Crippen LogP contribution is 2.18. The molecule has 0 spiro atoms. The second-order valence-corrected chi connectivity index (χ2v) is 2.50. The van der Waals surface area contributed by atoms with E-state index in [0.717, 1.165) is 0 Å². The Morgan fingerprint density at radius 3 is 3.00 bits per heavy atom. The van der Waals surface area contributed by atoms with Gasteiger partial charge in [-0.1, -0.05) is 11.6 Å². The van der Waals surface area contributed by atoms with Gasteiger partial charge in [0.25, 0.3) is 6.47 Å². The number of nitrogens with zero attached hydrogens (tertiary/aromatic N) is 1. The van der Waals surface area contributed by atoms with Gasteiger partial charge in [0.15, 0.2) is 0 Å². The summed E-state index contributed by atoms with van der Waals surface area (Å²) in [4.78, 5) is 9.79. The minimum absolute atomic E-state index is 0.257. The molecule has 66 valence electrons. The van der Waals surface area contributed by atoms with E-state index in [1.807, 2.05) is 0 Å². The predicted molar refractivity (Wildman–Crippen MR) is 43.7 cm³/mol. The SMILES string of the molecule is Nc1n[nH]c(Cl)c1CCOC=O. The molecule has 1 rings (SSSR count). The molecule has 0 saturated carbocycles. The number of nitrogen functional groups attached to an aromatic ring is 1. The minimum atomic E-state index is 0.257. The molecular weight excluding hydrogens is 182 g/mol. The van der Waals surface area contributed by atoms with Crippen LogP contribution in [0.1, 0.15) is 5.56 Å². The second-order valence-electron chi connectivity index (χ2n) is 2.12. The first-order valence-corrected chi connectivity index (χ1v) is 3.67. The Kier molecular flexibility index (Phi) is 2.93. The predicted octanol–water partition coefficient (Wildman–Crippen LogP) is 0.361. The molecule has 3 N–H and O–H groups in total. The average molecular weight is 190 g/mol. The maximum atomic E-state index is 9.79. The van der Waals surface area contributed by atoms with Crippen LogP contribution in [0.5, 0.6) is 0 Å². The van der Waals surface area contributed by atoms with Crippen LogP contribution in [0.4, 0.5) is 5.82 Å². The molecule has 0 aliphatic carbocycles. The zero-order chi connectivity index (χ0) is 8.97. The summed E-state index contributed by atoms with van der Waals surface area (Å²) in [6, 6.07) is 0. The molecule has 0 unspecified atom stereocenters.